The molecule has 0 spiro atoms. The lowest BCUT2D eigenvalue weighted by molar-refractivity contribution is 0.416. The van der Waals surface area contributed by atoms with Crippen LogP contribution < -0.4 is 21.3 Å². The van der Waals surface area contributed by atoms with Crippen LogP contribution in [0.5, 0.6) is 5.75 Å². The van der Waals surface area contributed by atoms with Crippen molar-refractivity contribution in [2.45, 2.75) is 20.4 Å². The van der Waals surface area contributed by atoms with Crippen LogP contribution in [0.2, 0.25) is 5.02 Å². The van der Waals surface area contributed by atoms with Gasteiger partial charge in [-0.3, -0.25) is 18.7 Å². The average molecular weight is 417 g/mol. The van der Waals surface area contributed by atoms with E-state index in [0.29, 0.717) is 40.8 Å². The van der Waals surface area contributed by atoms with E-state index in [1.165, 1.54) is 4.57 Å². The molecule has 10 heteroatoms. The number of ether oxygens (including phenoxy) is 1. The summed E-state index contributed by atoms with van der Waals surface area (Å²) in [5.41, 5.74) is 2.47. The molecule has 0 aliphatic heterocycles. The number of aryl methyl sites for hydroxylation is 2. The van der Waals surface area contributed by atoms with E-state index in [9.17, 15) is 9.59 Å². The predicted molar refractivity (Wildman–Crippen MR) is 113 cm³/mol. The number of nitrogens with one attached hydrogen (secondary N) is 2. The van der Waals surface area contributed by atoms with Gasteiger partial charge >= 0.3 is 5.69 Å². The zero-order valence-electron chi connectivity index (χ0n) is 16.5. The van der Waals surface area contributed by atoms with E-state index >= 15 is 0 Å². The van der Waals surface area contributed by atoms with Gasteiger partial charge in [0, 0.05) is 36.5 Å². The minimum Gasteiger partial charge on any atom is -0.495 e. The second-order valence-electron chi connectivity index (χ2n) is 6.83. The maximum atomic E-state index is 12.4. The molecule has 0 saturated carbocycles. The van der Waals surface area contributed by atoms with E-state index in [1.807, 2.05) is 30.5 Å². The largest absolute Gasteiger partial charge is 0.495 e. The van der Waals surface area contributed by atoms with Crippen molar-refractivity contribution in [2.24, 2.45) is 7.05 Å². The Bertz CT molecular complexity index is 1360. The van der Waals surface area contributed by atoms with Gasteiger partial charge < -0.3 is 14.6 Å². The van der Waals surface area contributed by atoms with Gasteiger partial charge in [-0.05, 0) is 32.0 Å². The van der Waals surface area contributed by atoms with Crippen molar-refractivity contribution in [3.8, 4) is 5.75 Å². The van der Waals surface area contributed by atoms with Crippen molar-refractivity contribution >= 4 is 34.2 Å². The van der Waals surface area contributed by atoms with Gasteiger partial charge in [0.25, 0.3) is 5.56 Å². The number of hydrogen-bond acceptors (Lipinski definition) is 5. The Balaban J connectivity index is 1.74. The van der Waals surface area contributed by atoms with Crippen LogP contribution in [-0.4, -0.2) is 37.2 Å². The minimum atomic E-state index is -0.487. The number of nitrogens with zero attached hydrogens (tertiary/aromatic N) is 4. The highest BCUT2D eigenvalue weighted by Gasteiger charge is 2.20. The average Bonchev–Trinajstić information content (AvgIpc) is 3.18. The number of rotatable bonds is 5. The Hall–Kier alpha value is -3.20. The Morgan fingerprint density at radius 2 is 2.00 bits per heavy atom. The molecule has 3 heterocycles. The van der Waals surface area contributed by atoms with E-state index in [4.69, 9.17) is 16.3 Å². The fraction of sp³-hybridized carbons (Fsp3) is 0.316. The lowest BCUT2D eigenvalue weighted by Gasteiger charge is -2.12. The SMILES string of the molecule is COc1ccc(Cl)cc1NCCn1c(C)c(C)n2c3c(=O)[nH]c(=O)n(C)c3nc12. The second kappa shape index (κ2) is 7.00. The van der Waals surface area contributed by atoms with E-state index in [0.717, 1.165) is 17.1 Å². The van der Waals surface area contributed by atoms with Crippen LogP contribution in [-0.2, 0) is 13.6 Å². The summed E-state index contributed by atoms with van der Waals surface area (Å²) in [6, 6.07) is 5.39. The summed E-state index contributed by atoms with van der Waals surface area (Å²) in [6.45, 7) is 5.08. The number of anilines is 1. The molecule has 0 bridgehead atoms. The summed E-state index contributed by atoms with van der Waals surface area (Å²) in [5.74, 6) is 1.31. The molecule has 9 nitrogen and oxygen atoms in total. The Morgan fingerprint density at radius 3 is 2.72 bits per heavy atom. The molecule has 3 aromatic heterocycles. The third-order valence-corrected chi connectivity index (χ3v) is 5.45. The van der Waals surface area contributed by atoms with Crippen LogP contribution in [0.15, 0.2) is 27.8 Å². The Labute approximate surface area is 170 Å². The maximum absolute atomic E-state index is 12.4. The van der Waals surface area contributed by atoms with Gasteiger partial charge in [0.2, 0.25) is 5.78 Å². The number of hydrogen-bond donors (Lipinski definition) is 2. The van der Waals surface area contributed by atoms with Crippen molar-refractivity contribution in [3.63, 3.8) is 0 Å². The van der Waals surface area contributed by atoms with Crippen molar-refractivity contribution in [1.29, 1.82) is 0 Å². The van der Waals surface area contributed by atoms with E-state index in [-0.39, 0.29) is 0 Å². The van der Waals surface area contributed by atoms with Gasteiger partial charge in [-0.1, -0.05) is 11.6 Å². The van der Waals surface area contributed by atoms with Gasteiger partial charge in [-0.25, -0.2) is 4.79 Å². The van der Waals surface area contributed by atoms with Gasteiger partial charge in [0.1, 0.15) is 5.75 Å². The molecule has 152 valence electrons. The summed E-state index contributed by atoms with van der Waals surface area (Å²) in [6.07, 6.45) is 0. The van der Waals surface area contributed by atoms with Crippen LogP contribution in [0, 0.1) is 13.8 Å². The number of H-pyrrole nitrogens is 1. The molecule has 0 radical (unpaired) electrons. The molecule has 0 amide bonds. The first-order chi connectivity index (χ1) is 13.8. The summed E-state index contributed by atoms with van der Waals surface area (Å²) >= 11 is 6.09. The van der Waals surface area contributed by atoms with Crippen molar-refractivity contribution in [3.05, 3.63) is 55.4 Å². The molecule has 1 aromatic carbocycles. The number of imidazole rings is 2. The highest BCUT2D eigenvalue weighted by atomic mass is 35.5. The highest BCUT2D eigenvalue weighted by Crippen LogP contribution is 2.27. The minimum absolute atomic E-state index is 0.357. The summed E-state index contributed by atoms with van der Waals surface area (Å²) in [7, 11) is 3.20. The fourth-order valence-electron chi connectivity index (χ4n) is 3.57. The first-order valence-corrected chi connectivity index (χ1v) is 9.46. The molecular formula is C19H21ClN6O3. The number of benzene rings is 1. The predicted octanol–water partition coefficient (Wildman–Crippen LogP) is 2.07. The quantitative estimate of drug-likeness (QED) is 0.519. The molecule has 0 aliphatic rings. The fourth-order valence-corrected chi connectivity index (χ4v) is 3.74. The van der Waals surface area contributed by atoms with Crippen LogP contribution in [0.4, 0.5) is 5.69 Å². The normalized spacial score (nSPS) is 11.5. The molecule has 0 saturated heterocycles. The van der Waals surface area contributed by atoms with Crippen LogP contribution in [0.1, 0.15) is 11.4 Å². The van der Waals surface area contributed by atoms with E-state index < -0.39 is 11.2 Å². The Kier molecular flexibility index (Phi) is 4.62. The standard InChI is InChI=1S/C19H21ClN6O3/c1-10-11(2)26-15-16(24(3)19(28)23-17(15)27)22-18(26)25(10)8-7-21-13-9-12(20)5-6-14(13)29-4/h5-6,9,21H,7-8H2,1-4H3,(H,23,27,28). The third-order valence-electron chi connectivity index (χ3n) is 5.22. The molecule has 0 fully saturated rings. The topological polar surface area (TPSA) is 98.4 Å². The number of aromatic amines is 1. The van der Waals surface area contributed by atoms with Crippen molar-refractivity contribution in [2.75, 3.05) is 19.0 Å². The molecule has 4 rings (SSSR count). The maximum Gasteiger partial charge on any atom is 0.329 e. The van der Waals surface area contributed by atoms with Crippen LogP contribution >= 0.6 is 11.6 Å². The molecule has 0 aliphatic carbocycles. The summed E-state index contributed by atoms with van der Waals surface area (Å²) < 4.78 is 10.5. The third kappa shape index (κ3) is 2.98. The molecule has 2 N–H and O–H groups in total. The number of halogens is 1. The zero-order chi connectivity index (χ0) is 20.9. The molecule has 0 unspecified atom stereocenters. The first kappa shape index (κ1) is 19.1. The number of methoxy groups -OCH3 is 1. The van der Waals surface area contributed by atoms with Crippen LogP contribution in [0.3, 0.4) is 0 Å². The molecule has 0 atom stereocenters. The number of aromatic nitrogens is 5. The van der Waals surface area contributed by atoms with Gasteiger partial charge in [-0.15, -0.1) is 0 Å². The lowest BCUT2D eigenvalue weighted by atomic mass is 10.3. The highest BCUT2D eigenvalue weighted by molar-refractivity contribution is 6.30. The molecular weight excluding hydrogens is 396 g/mol. The lowest BCUT2D eigenvalue weighted by Crippen LogP contribution is -2.28. The first-order valence-electron chi connectivity index (χ1n) is 9.08. The van der Waals surface area contributed by atoms with Crippen molar-refractivity contribution < 1.29 is 4.74 Å². The van der Waals surface area contributed by atoms with E-state index in [1.54, 1.807) is 24.6 Å². The van der Waals surface area contributed by atoms with Crippen molar-refractivity contribution in [1.82, 2.24) is 23.5 Å². The molecule has 4 aromatic rings. The molecule has 29 heavy (non-hydrogen) atoms. The van der Waals surface area contributed by atoms with Gasteiger partial charge in [0.05, 0.1) is 12.8 Å². The van der Waals surface area contributed by atoms with Gasteiger partial charge in [-0.2, -0.15) is 4.98 Å². The Morgan fingerprint density at radius 1 is 1.24 bits per heavy atom. The smallest absolute Gasteiger partial charge is 0.329 e. The second-order valence-corrected chi connectivity index (χ2v) is 7.27. The van der Waals surface area contributed by atoms with Gasteiger partial charge in [0.15, 0.2) is 11.2 Å². The summed E-state index contributed by atoms with van der Waals surface area (Å²) in [5, 5.41) is 3.94. The number of fused-ring (bicyclic) bond motifs is 3. The zero-order valence-corrected chi connectivity index (χ0v) is 17.3. The monoisotopic (exact) mass is 416 g/mol. The summed E-state index contributed by atoms with van der Waals surface area (Å²) in [4.78, 5) is 31.3. The van der Waals surface area contributed by atoms with E-state index in [2.05, 4.69) is 15.3 Å². The van der Waals surface area contributed by atoms with Crippen LogP contribution in [0.25, 0.3) is 16.9 Å².